The number of esters is 1. The van der Waals surface area contributed by atoms with Gasteiger partial charge >= 0.3 is 5.97 Å². The predicted octanol–water partition coefficient (Wildman–Crippen LogP) is 1.15. The Morgan fingerprint density at radius 1 is 1.05 bits per heavy atom. The predicted molar refractivity (Wildman–Crippen MR) is 77.8 cm³/mol. The van der Waals surface area contributed by atoms with Crippen molar-refractivity contribution in [1.82, 2.24) is 9.80 Å². The molecule has 112 valence electrons. The number of ether oxygens (including phenoxy) is 1. The molecule has 1 aromatic rings. The fraction of sp³-hybridized carbons (Fsp3) is 0.500. The molecule has 2 fully saturated rings. The molecule has 0 aromatic heterocycles. The van der Waals surface area contributed by atoms with Crippen LogP contribution < -0.4 is 4.74 Å². The Kier molecular flexibility index (Phi) is 4.20. The van der Waals surface area contributed by atoms with Gasteiger partial charge in [-0.1, -0.05) is 18.2 Å². The Morgan fingerprint density at radius 2 is 1.71 bits per heavy atom. The molecule has 0 bridgehead atoms. The van der Waals surface area contributed by atoms with Crippen molar-refractivity contribution < 1.29 is 14.3 Å². The monoisotopic (exact) mass is 288 g/mol. The summed E-state index contributed by atoms with van der Waals surface area (Å²) in [5, 5.41) is 0. The molecule has 1 saturated carbocycles. The van der Waals surface area contributed by atoms with Gasteiger partial charge in [0.2, 0.25) is 5.91 Å². The first-order valence-electron chi connectivity index (χ1n) is 7.49. The van der Waals surface area contributed by atoms with Crippen molar-refractivity contribution in [2.45, 2.75) is 12.8 Å². The lowest BCUT2D eigenvalue weighted by Crippen LogP contribution is -2.50. The molecule has 3 rings (SSSR count). The number of benzene rings is 1. The molecule has 0 unspecified atom stereocenters. The van der Waals surface area contributed by atoms with E-state index in [0.717, 1.165) is 25.9 Å². The summed E-state index contributed by atoms with van der Waals surface area (Å²) in [6.45, 7) is 3.19. The second-order valence-electron chi connectivity index (χ2n) is 5.66. The Labute approximate surface area is 124 Å². The molecule has 5 nitrogen and oxygen atoms in total. The maximum absolute atomic E-state index is 11.9. The fourth-order valence-electron chi connectivity index (χ4n) is 2.55. The molecule has 21 heavy (non-hydrogen) atoms. The highest BCUT2D eigenvalue weighted by Crippen LogP contribution is 2.31. The van der Waals surface area contributed by atoms with Crippen molar-refractivity contribution >= 4 is 11.9 Å². The van der Waals surface area contributed by atoms with Gasteiger partial charge in [-0.15, -0.1) is 0 Å². The van der Waals surface area contributed by atoms with Crippen molar-refractivity contribution in [2.24, 2.45) is 5.92 Å². The summed E-state index contributed by atoms with van der Waals surface area (Å²) < 4.78 is 5.28. The fourth-order valence-corrected chi connectivity index (χ4v) is 2.55. The normalized spacial score (nSPS) is 19.3. The van der Waals surface area contributed by atoms with Crippen molar-refractivity contribution in [3.05, 3.63) is 30.3 Å². The minimum Gasteiger partial charge on any atom is -0.426 e. The molecule has 0 spiro atoms. The number of piperazine rings is 1. The van der Waals surface area contributed by atoms with Crippen LogP contribution in [0.5, 0.6) is 5.75 Å². The highest BCUT2D eigenvalue weighted by molar-refractivity contribution is 5.81. The zero-order valence-electron chi connectivity index (χ0n) is 12.0. The maximum Gasteiger partial charge on any atom is 0.325 e. The minimum atomic E-state index is -0.247. The molecular weight excluding hydrogens is 268 g/mol. The first-order chi connectivity index (χ1) is 10.2. The van der Waals surface area contributed by atoms with Gasteiger partial charge in [-0.3, -0.25) is 14.5 Å². The Morgan fingerprint density at radius 3 is 2.33 bits per heavy atom. The summed E-state index contributed by atoms with van der Waals surface area (Å²) in [6, 6.07) is 9.09. The number of nitrogens with zero attached hydrogens (tertiary/aromatic N) is 2. The van der Waals surface area contributed by atoms with Crippen LogP contribution in [-0.2, 0) is 9.59 Å². The smallest absolute Gasteiger partial charge is 0.325 e. The van der Waals surface area contributed by atoms with Crippen molar-refractivity contribution in [3.8, 4) is 5.75 Å². The summed E-state index contributed by atoms with van der Waals surface area (Å²) in [4.78, 5) is 27.8. The first kappa shape index (κ1) is 14.1. The van der Waals surface area contributed by atoms with E-state index in [9.17, 15) is 9.59 Å². The average Bonchev–Trinajstić information content (AvgIpc) is 3.33. The quantitative estimate of drug-likeness (QED) is 0.616. The lowest BCUT2D eigenvalue weighted by Gasteiger charge is -2.34. The molecule has 1 saturated heterocycles. The summed E-state index contributed by atoms with van der Waals surface area (Å²) in [7, 11) is 0. The summed E-state index contributed by atoms with van der Waals surface area (Å²) >= 11 is 0. The van der Waals surface area contributed by atoms with Crippen LogP contribution in [0.4, 0.5) is 0 Å². The van der Waals surface area contributed by atoms with E-state index in [1.54, 1.807) is 12.1 Å². The molecule has 5 heteroatoms. The van der Waals surface area contributed by atoms with Gasteiger partial charge in [-0.2, -0.15) is 0 Å². The SMILES string of the molecule is O=C(CN1CCN(C(=O)C2CC2)CC1)Oc1ccccc1. The van der Waals surface area contributed by atoms with E-state index in [4.69, 9.17) is 4.74 Å². The van der Waals surface area contributed by atoms with E-state index in [1.807, 2.05) is 28.0 Å². The van der Waals surface area contributed by atoms with Crippen molar-refractivity contribution in [2.75, 3.05) is 32.7 Å². The van der Waals surface area contributed by atoms with Crippen LogP contribution in [0.15, 0.2) is 30.3 Å². The molecule has 1 heterocycles. The number of rotatable bonds is 4. The van der Waals surface area contributed by atoms with Crippen molar-refractivity contribution in [1.29, 1.82) is 0 Å². The van der Waals surface area contributed by atoms with E-state index in [-0.39, 0.29) is 18.4 Å². The third-order valence-corrected chi connectivity index (χ3v) is 3.94. The van der Waals surface area contributed by atoms with E-state index in [2.05, 4.69) is 0 Å². The molecule has 0 atom stereocenters. The standard InChI is InChI=1S/C16H20N2O3/c19-15(21-14-4-2-1-3-5-14)12-17-8-10-18(11-9-17)16(20)13-6-7-13/h1-5,13H,6-12H2. The van der Waals surface area contributed by atoms with Crippen LogP contribution >= 0.6 is 0 Å². The zero-order chi connectivity index (χ0) is 14.7. The Balaban J connectivity index is 1.42. The van der Waals surface area contributed by atoms with Crippen LogP contribution in [0.2, 0.25) is 0 Å². The highest BCUT2D eigenvalue weighted by Gasteiger charge is 2.34. The molecular formula is C16H20N2O3. The third-order valence-electron chi connectivity index (χ3n) is 3.94. The minimum absolute atomic E-state index is 0.247. The van der Waals surface area contributed by atoms with Gasteiger partial charge in [0.05, 0.1) is 6.54 Å². The highest BCUT2D eigenvalue weighted by atomic mass is 16.5. The summed E-state index contributed by atoms with van der Waals surface area (Å²) in [5.41, 5.74) is 0. The summed E-state index contributed by atoms with van der Waals surface area (Å²) in [5.74, 6) is 0.898. The number of amides is 1. The third kappa shape index (κ3) is 3.82. The first-order valence-corrected chi connectivity index (χ1v) is 7.49. The topological polar surface area (TPSA) is 49.9 Å². The van der Waals surface area contributed by atoms with Gasteiger partial charge in [-0.05, 0) is 25.0 Å². The van der Waals surface area contributed by atoms with E-state index < -0.39 is 0 Å². The molecule has 1 aliphatic heterocycles. The lowest BCUT2D eigenvalue weighted by molar-refractivity contribution is -0.137. The average molecular weight is 288 g/mol. The molecule has 0 radical (unpaired) electrons. The van der Waals surface area contributed by atoms with Gasteiger partial charge < -0.3 is 9.64 Å². The Hall–Kier alpha value is -1.88. The zero-order valence-corrected chi connectivity index (χ0v) is 12.0. The molecule has 0 N–H and O–H groups in total. The second kappa shape index (κ2) is 6.26. The summed E-state index contributed by atoms with van der Waals surface area (Å²) in [6.07, 6.45) is 2.09. The van der Waals surface area contributed by atoms with Crippen molar-refractivity contribution in [3.63, 3.8) is 0 Å². The molecule has 1 amide bonds. The second-order valence-corrected chi connectivity index (χ2v) is 5.66. The van der Waals surface area contributed by atoms with E-state index in [1.165, 1.54) is 0 Å². The van der Waals surface area contributed by atoms with Crippen LogP contribution in [0.25, 0.3) is 0 Å². The van der Waals surface area contributed by atoms with Crippen LogP contribution in [-0.4, -0.2) is 54.4 Å². The Bertz CT molecular complexity index is 506. The number of hydrogen-bond donors (Lipinski definition) is 0. The molecule has 1 aromatic carbocycles. The van der Waals surface area contributed by atoms with E-state index in [0.29, 0.717) is 24.7 Å². The lowest BCUT2D eigenvalue weighted by atomic mass is 10.2. The van der Waals surface area contributed by atoms with Gasteiger partial charge in [0.1, 0.15) is 5.75 Å². The van der Waals surface area contributed by atoms with Gasteiger partial charge in [-0.25, -0.2) is 0 Å². The van der Waals surface area contributed by atoms with Crippen LogP contribution in [0.1, 0.15) is 12.8 Å². The largest absolute Gasteiger partial charge is 0.426 e. The van der Waals surface area contributed by atoms with Gasteiger partial charge in [0, 0.05) is 32.1 Å². The molecule has 2 aliphatic rings. The number of carbonyl (C=O) groups excluding carboxylic acids is 2. The maximum atomic E-state index is 11.9. The van der Waals surface area contributed by atoms with Gasteiger partial charge in [0.25, 0.3) is 0 Å². The number of para-hydroxylation sites is 1. The van der Waals surface area contributed by atoms with Crippen LogP contribution in [0.3, 0.4) is 0 Å². The molecule has 1 aliphatic carbocycles. The van der Waals surface area contributed by atoms with E-state index >= 15 is 0 Å². The van der Waals surface area contributed by atoms with Gasteiger partial charge in [0.15, 0.2) is 0 Å². The number of carbonyl (C=O) groups is 2. The number of hydrogen-bond acceptors (Lipinski definition) is 4. The van der Waals surface area contributed by atoms with Crippen LogP contribution in [0, 0.1) is 5.92 Å².